The molecule has 0 aliphatic heterocycles. The van der Waals surface area contributed by atoms with E-state index in [4.69, 9.17) is 10.5 Å². The van der Waals surface area contributed by atoms with Gasteiger partial charge in [-0.25, -0.2) is 0 Å². The van der Waals surface area contributed by atoms with Gasteiger partial charge in [0.2, 0.25) is 0 Å². The molecule has 0 bridgehead atoms. The normalized spacial score (nSPS) is 23.0. The van der Waals surface area contributed by atoms with Crippen molar-refractivity contribution in [2.75, 3.05) is 17.6 Å². The molecule has 2 rings (SSSR count). The Labute approximate surface area is 126 Å². The lowest BCUT2D eigenvalue weighted by Crippen LogP contribution is -2.16. The van der Waals surface area contributed by atoms with Gasteiger partial charge in [0, 0.05) is 6.54 Å². The van der Waals surface area contributed by atoms with Gasteiger partial charge in [-0.3, -0.25) is 0 Å². The maximum atomic E-state index is 5.86. The number of nitrogen functional groups attached to an aromatic ring is 1. The number of anilines is 2. The number of hydrogen-bond acceptors (Lipinski definition) is 5. The summed E-state index contributed by atoms with van der Waals surface area (Å²) in [5.74, 6) is 2.98. The zero-order valence-corrected chi connectivity index (χ0v) is 13.6. The minimum Gasteiger partial charge on any atom is -0.484 e. The predicted molar refractivity (Wildman–Crippen MR) is 86.5 cm³/mol. The molecule has 1 aromatic rings. The molecule has 2 atom stereocenters. The molecule has 1 heterocycles. The van der Waals surface area contributed by atoms with Crippen LogP contribution in [-0.2, 0) is 0 Å². The Morgan fingerprint density at radius 2 is 2.25 bits per heavy atom. The third-order valence-electron chi connectivity index (χ3n) is 3.91. The van der Waals surface area contributed by atoms with E-state index in [2.05, 4.69) is 16.6 Å². The molecule has 0 radical (unpaired) electrons. The van der Waals surface area contributed by atoms with Crippen molar-refractivity contribution in [3.8, 4) is 5.75 Å². The summed E-state index contributed by atoms with van der Waals surface area (Å²) >= 11 is 1.39. The van der Waals surface area contributed by atoms with Gasteiger partial charge in [0.05, 0.1) is 6.10 Å². The quantitative estimate of drug-likeness (QED) is 0.828. The van der Waals surface area contributed by atoms with Crippen LogP contribution in [0.25, 0.3) is 0 Å². The SMILES string of the molecule is CC1CCCC(CCNc2snc(N)c2OC(C)C)C1. The highest BCUT2D eigenvalue weighted by atomic mass is 32.1. The Hall–Kier alpha value is -0.970. The third-order valence-corrected chi connectivity index (χ3v) is 4.71. The zero-order chi connectivity index (χ0) is 14.5. The van der Waals surface area contributed by atoms with Gasteiger partial charge in [0.15, 0.2) is 16.6 Å². The second-order valence-corrected chi connectivity index (χ2v) is 7.02. The van der Waals surface area contributed by atoms with Gasteiger partial charge >= 0.3 is 0 Å². The van der Waals surface area contributed by atoms with Gasteiger partial charge in [-0.15, -0.1) is 0 Å². The molecule has 114 valence electrons. The zero-order valence-electron chi connectivity index (χ0n) is 12.8. The smallest absolute Gasteiger partial charge is 0.197 e. The van der Waals surface area contributed by atoms with Gasteiger partial charge in [-0.05, 0) is 50.1 Å². The van der Waals surface area contributed by atoms with E-state index in [0.717, 1.165) is 29.1 Å². The molecular formula is C15H27N3OS. The fraction of sp³-hybridized carbons (Fsp3) is 0.800. The van der Waals surface area contributed by atoms with Gasteiger partial charge in [-0.2, -0.15) is 4.37 Å². The molecule has 1 aliphatic carbocycles. The minimum atomic E-state index is 0.119. The van der Waals surface area contributed by atoms with Crippen LogP contribution >= 0.6 is 11.5 Å². The molecule has 20 heavy (non-hydrogen) atoms. The van der Waals surface area contributed by atoms with Crippen molar-refractivity contribution in [3.63, 3.8) is 0 Å². The highest BCUT2D eigenvalue weighted by Crippen LogP contribution is 2.36. The predicted octanol–water partition coefficient (Wildman–Crippen LogP) is 4.14. The Bertz CT molecular complexity index is 419. The van der Waals surface area contributed by atoms with E-state index in [0.29, 0.717) is 5.82 Å². The molecule has 0 aromatic carbocycles. The number of aromatic nitrogens is 1. The number of nitrogens with one attached hydrogen (secondary N) is 1. The summed E-state index contributed by atoms with van der Waals surface area (Å²) in [5, 5.41) is 4.42. The average Bonchev–Trinajstić information content (AvgIpc) is 2.71. The first kappa shape index (κ1) is 15.4. The molecular weight excluding hydrogens is 270 g/mol. The van der Waals surface area contributed by atoms with Gasteiger partial charge in [0.25, 0.3) is 0 Å². The van der Waals surface area contributed by atoms with Crippen LogP contribution in [0.15, 0.2) is 0 Å². The number of nitrogens with two attached hydrogens (primary N) is 1. The van der Waals surface area contributed by atoms with E-state index in [9.17, 15) is 0 Å². The highest BCUT2D eigenvalue weighted by Gasteiger charge is 2.19. The van der Waals surface area contributed by atoms with E-state index in [-0.39, 0.29) is 6.10 Å². The first-order valence-electron chi connectivity index (χ1n) is 7.72. The Morgan fingerprint density at radius 3 is 2.95 bits per heavy atom. The Kier molecular flexibility index (Phi) is 5.52. The lowest BCUT2D eigenvalue weighted by molar-refractivity contribution is 0.245. The minimum absolute atomic E-state index is 0.119. The molecule has 1 aromatic heterocycles. The fourth-order valence-corrected chi connectivity index (χ4v) is 3.64. The second-order valence-electron chi connectivity index (χ2n) is 6.25. The number of nitrogens with zero attached hydrogens (tertiary/aromatic N) is 1. The van der Waals surface area contributed by atoms with E-state index in [1.165, 1.54) is 43.6 Å². The second kappa shape index (κ2) is 7.16. The molecule has 1 aliphatic rings. The van der Waals surface area contributed by atoms with Gasteiger partial charge < -0.3 is 15.8 Å². The average molecular weight is 297 g/mol. The molecule has 4 nitrogen and oxygen atoms in total. The Morgan fingerprint density at radius 1 is 1.45 bits per heavy atom. The van der Waals surface area contributed by atoms with Crippen molar-refractivity contribution in [3.05, 3.63) is 0 Å². The van der Waals surface area contributed by atoms with Crippen molar-refractivity contribution in [1.29, 1.82) is 0 Å². The fourth-order valence-electron chi connectivity index (χ4n) is 2.97. The third kappa shape index (κ3) is 4.27. The van der Waals surface area contributed by atoms with Crippen LogP contribution in [-0.4, -0.2) is 17.0 Å². The molecule has 1 saturated carbocycles. The van der Waals surface area contributed by atoms with Gasteiger partial charge in [0.1, 0.15) is 0 Å². The molecule has 2 unspecified atom stereocenters. The molecule has 0 amide bonds. The monoisotopic (exact) mass is 297 g/mol. The van der Waals surface area contributed by atoms with Gasteiger partial charge in [-0.1, -0.05) is 26.2 Å². The number of hydrogen-bond donors (Lipinski definition) is 2. The lowest BCUT2D eigenvalue weighted by Gasteiger charge is -2.26. The van der Waals surface area contributed by atoms with E-state index >= 15 is 0 Å². The summed E-state index contributed by atoms with van der Waals surface area (Å²) in [5.41, 5.74) is 5.86. The van der Waals surface area contributed by atoms with E-state index in [1.807, 2.05) is 13.8 Å². The van der Waals surface area contributed by atoms with Crippen LogP contribution in [0.2, 0.25) is 0 Å². The first-order chi connectivity index (χ1) is 9.56. The molecule has 0 saturated heterocycles. The first-order valence-corrected chi connectivity index (χ1v) is 8.49. The van der Waals surface area contributed by atoms with Crippen LogP contribution in [0.5, 0.6) is 5.75 Å². The molecule has 3 N–H and O–H groups in total. The van der Waals surface area contributed by atoms with Crippen molar-refractivity contribution in [2.24, 2.45) is 11.8 Å². The van der Waals surface area contributed by atoms with Crippen molar-refractivity contribution >= 4 is 22.4 Å². The van der Waals surface area contributed by atoms with Crippen LogP contribution in [0.3, 0.4) is 0 Å². The maximum absolute atomic E-state index is 5.86. The molecule has 5 heteroatoms. The maximum Gasteiger partial charge on any atom is 0.197 e. The summed E-state index contributed by atoms with van der Waals surface area (Å²) in [7, 11) is 0. The topological polar surface area (TPSA) is 60.2 Å². The van der Waals surface area contributed by atoms with Crippen LogP contribution < -0.4 is 15.8 Å². The van der Waals surface area contributed by atoms with E-state index in [1.54, 1.807) is 0 Å². The lowest BCUT2D eigenvalue weighted by atomic mass is 9.81. The number of rotatable bonds is 6. The number of ether oxygens (including phenoxy) is 1. The van der Waals surface area contributed by atoms with Crippen molar-refractivity contribution < 1.29 is 4.74 Å². The summed E-state index contributed by atoms with van der Waals surface area (Å²) in [6.07, 6.45) is 6.90. The highest BCUT2D eigenvalue weighted by molar-refractivity contribution is 7.11. The van der Waals surface area contributed by atoms with Crippen LogP contribution in [0.4, 0.5) is 10.8 Å². The summed E-state index contributed by atoms with van der Waals surface area (Å²) in [6, 6.07) is 0. The summed E-state index contributed by atoms with van der Waals surface area (Å²) in [6.45, 7) is 7.36. The largest absolute Gasteiger partial charge is 0.484 e. The van der Waals surface area contributed by atoms with Crippen molar-refractivity contribution in [2.45, 2.75) is 59.0 Å². The van der Waals surface area contributed by atoms with Crippen LogP contribution in [0.1, 0.15) is 52.9 Å². The Balaban J connectivity index is 1.81. The van der Waals surface area contributed by atoms with Crippen LogP contribution in [0, 0.1) is 11.8 Å². The van der Waals surface area contributed by atoms with E-state index < -0.39 is 0 Å². The standard InChI is InChI=1S/C15H27N3OS/c1-10(2)19-13-14(16)18-20-15(13)17-8-7-12-6-4-5-11(3)9-12/h10-12,17H,4-9H2,1-3H3,(H2,16,18). The molecule has 1 fully saturated rings. The molecule has 0 spiro atoms. The summed E-state index contributed by atoms with van der Waals surface area (Å²) < 4.78 is 9.92. The summed E-state index contributed by atoms with van der Waals surface area (Å²) in [4.78, 5) is 0. The van der Waals surface area contributed by atoms with Crippen molar-refractivity contribution in [1.82, 2.24) is 4.37 Å².